The van der Waals surface area contributed by atoms with Crippen LogP contribution in [-0.4, -0.2) is 10.7 Å². The maximum absolute atomic E-state index is 10.3. The van der Waals surface area contributed by atoms with Crippen molar-refractivity contribution < 1.29 is 5.11 Å². The van der Waals surface area contributed by atoms with E-state index in [1.807, 2.05) is 0 Å². The van der Waals surface area contributed by atoms with Gasteiger partial charge in [-0.1, -0.05) is 27.7 Å². The van der Waals surface area contributed by atoms with Crippen molar-refractivity contribution in [1.82, 2.24) is 0 Å². The van der Waals surface area contributed by atoms with Gasteiger partial charge in [-0.15, -0.1) is 0 Å². The molecule has 1 rings (SSSR count). The van der Waals surface area contributed by atoms with Gasteiger partial charge in [0.05, 0.1) is 18.1 Å². The minimum absolute atomic E-state index is 0.146. The molecule has 0 amide bonds. The predicted molar refractivity (Wildman–Crippen MR) is 56.6 cm³/mol. The molecule has 0 aliphatic heterocycles. The maximum Gasteiger partial charge on any atom is 0.0787 e. The highest BCUT2D eigenvalue weighted by Gasteiger charge is 2.46. The van der Waals surface area contributed by atoms with Crippen molar-refractivity contribution in [3.63, 3.8) is 0 Å². The SMILES string of the molecule is CC1(C)CC(C)(C)CC(O)(CC#N)C1. The Hall–Kier alpha value is -0.550. The first kappa shape index (κ1) is 11.5. The fourth-order valence-electron chi connectivity index (χ4n) is 3.54. The van der Waals surface area contributed by atoms with Gasteiger partial charge in [0.15, 0.2) is 0 Å². The summed E-state index contributed by atoms with van der Waals surface area (Å²) in [7, 11) is 0. The lowest BCUT2D eigenvalue weighted by Crippen LogP contribution is -2.45. The van der Waals surface area contributed by atoms with Gasteiger partial charge in [-0.05, 0) is 30.1 Å². The van der Waals surface area contributed by atoms with Crippen LogP contribution in [0.1, 0.15) is 53.4 Å². The highest BCUT2D eigenvalue weighted by Crippen LogP contribution is 2.50. The second kappa shape index (κ2) is 3.24. The van der Waals surface area contributed by atoms with Crippen molar-refractivity contribution in [2.75, 3.05) is 0 Å². The summed E-state index contributed by atoms with van der Waals surface area (Å²) < 4.78 is 0. The lowest BCUT2D eigenvalue weighted by molar-refractivity contribution is -0.0823. The molecular weight excluding hydrogens is 174 g/mol. The zero-order valence-corrected chi connectivity index (χ0v) is 9.72. The minimum Gasteiger partial charge on any atom is -0.389 e. The van der Waals surface area contributed by atoms with E-state index in [4.69, 9.17) is 5.26 Å². The summed E-state index contributed by atoms with van der Waals surface area (Å²) in [5.41, 5.74) is -0.472. The molecule has 14 heavy (non-hydrogen) atoms. The third-order valence-electron chi connectivity index (χ3n) is 2.98. The Kier molecular flexibility index (Phi) is 2.67. The van der Waals surface area contributed by atoms with E-state index in [9.17, 15) is 5.11 Å². The topological polar surface area (TPSA) is 44.0 Å². The Morgan fingerprint density at radius 1 is 1.07 bits per heavy atom. The summed E-state index contributed by atoms with van der Waals surface area (Å²) in [4.78, 5) is 0. The van der Waals surface area contributed by atoms with Gasteiger partial charge in [0.2, 0.25) is 0 Å². The van der Waals surface area contributed by atoms with E-state index in [0.29, 0.717) is 0 Å². The first-order valence-electron chi connectivity index (χ1n) is 5.28. The van der Waals surface area contributed by atoms with Gasteiger partial charge in [-0.2, -0.15) is 5.26 Å². The van der Waals surface area contributed by atoms with Gasteiger partial charge in [0.1, 0.15) is 0 Å². The van der Waals surface area contributed by atoms with Crippen molar-refractivity contribution in [2.45, 2.75) is 59.0 Å². The van der Waals surface area contributed by atoms with Crippen molar-refractivity contribution in [3.8, 4) is 6.07 Å². The molecule has 0 radical (unpaired) electrons. The van der Waals surface area contributed by atoms with E-state index in [2.05, 4.69) is 33.8 Å². The summed E-state index contributed by atoms with van der Waals surface area (Å²) >= 11 is 0. The normalized spacial score (nSPS) is 28.0. The molecule has 0 atom stereocenters. The highest BCUT2D eigenvalue weighted by atomic mass is 16.3. The van der Waals surface area contributed by atoms with Gasteiger partial charge in [-0.3, -0.25) is 0 Å². The molecule has 1 N–H and O–H groups in total. The third-order valence-corrected chi connectivity index (χ3v) is 2.98. The highest BCUT2D eigenvalue weighted by molar-refractivity contribution is 5.01. The Balaban J connectivity index is 2.87. The Morgan fingerprint density at radius 2 is 1.50 bits per heavy atom. The summed E-state index contributed by atoms with van der Waals surface area (Å²) in [6.45, 7) is 8.71. The van der Waals surface area contributed by atoms with E-state index < -0.39 is 5.60 Å². The number of hydrogen-bond acceptors (Lipinski definition) is 2. The molecule has 1 saturated carbocycles. The second-order valence-corrected chi connectivity index (χ2v) is 6.42. The van der Waals surface area contributed by atoms with E-state index >= 15 is 0 Å². The quantitative estimate of drug-likeness (QED) is 0.699. The van der Waals surface area contributed by atoms with Crippen LogP contribution in [0.3, 0.4) is 0 Å². The Bertz CT molecular complexity index is 244. The van der Waals surface area contributed by atoms with E-state index in [1.165, 1.54) is 0 Å². The maximum atomic E-state index is 10.3. The first-order chi connectivity index (χ1) is 6.18. The molecule has 0 saturated heterocycles. The van der Waals surface area contributed by atoms with Crippen LogP contribution in [0.4, 0.5) is 0 Å². The summed E-state index contributed by atoms with van der Waals surface area (Å²) in [6, 6.07) is 2.10. The van der Waals surface area contributed by atoms with Crippen LogP contribution in [0.15, 0.2) is 0 Å². The van der Waals surface area contributed by atoms with Gasteiger partial charge in [0, 0.05) is 0 Å². The lowest BCUT2D eigenvalue weighted by Gasteiger charge is -2.48. The molecule has 80 valence electrons. The molecule has 0 bridgehead atoms. The molecule has 0 heterocycles. The van der Waals surface area contributed by atoms with Crippen LogP contribution in [-0.2, 0) is 0 Å². The third kappa shape index (κ3) is 2.72. The molecule has 1 aliphatic carbocycles. The molecule has 0 aromatic carbocycles. The molecular formula is C12H21NO. The summed E-state index contributed by atoms with van der Waals surface area (Å²) in [5, 5.41) is 19.0. The van der Waals surface area contributed by atoms with Crippen LogP contribution in [0.25, 0.3) is 0 Å². The van der Waals surface area contributed by atoms with Crippen LogP contribution >= 0.6 is 0 Å². The minimum atomic E-state index is -0.764. The average Bonchev–Trinajstić information content (AvgIpc) is 1.75. The van der Waals surface area contributed by atoms with Crippen molar-refractivity contribution in [1.29, 1.82) is 5.26 Å². The van der Waals surface area contributed by atoms with Crippen molar-refractivity contribution >= 4 is 0 Å². The van der Waals surface area contributed by atoms with Crippen LogP contribution in [0.5, 0.6) is 0 Å². The summed E-state index contributed by atoms with van der Waals surface area (Å²) in [5.74, 6) is 0. The molecule has 0 spiro atoms. The zero-order chi connectivity index (χ0) is 11.0. The molecule has 2 nitrogen and oxygen atoms in total. The average molecular weight is 195 g/mol. The predicted octanol–water partition coefficient (Wildman–Crippen LogP) is 2.87. The standard InChI is InChI=1S/C12H21NO/c1-10(2)7-11(3,4)9-12(14,8-10)5-6-13/h14H,5,7-9H2,1-4H3. The second-order valence-electron chi connectivity index (χ2n) is 6.42. The Morgan fingerprint density at radius 3 is 1.86 bits per heavy atom. The fraction of sp³-hybridized carbons (Fsp3) is 0.917. The fourth-order valence-corrected chi connectivity index (χ4v) is 3.54. The monoisotopic (exact) mass is 195 g/mol. The van der Waals surface area contributed by atoms with Gasteiger partial charge < -0.3 is 5.11 Å². The molecule has 1 fully saturated rings. The number of hydrogen-bond donors (Lipinski definition) is 1. The smallest absolute Gasteiger partial charge is 0.0787 e. The van der Waals surface area contributed by atoms with E-state index in [1.54, 1.807) is 0 Å². The molecule has 1 aliphatic rings. The van der Waals surface area contributed by atoms with Crippen LogP contribution < -0.4 is 0 Å². The Labute approximate surface area is 86.9 Å². The van der Waals surface area contributed by atoms with Crippen molar-refractivity contribution in [2.24, 2.45) is 10.8 Å². The lowest BCUT2D eigenvalue weighted by atomic mass is 9.59. The molecule has 0 aromatic heterocycles. The van der Waals surface area contributed by atoms with Gasteiger partial charge in [-0.25, -0.2) is 0 Å². The number of nitrogens with zero attached hydrogens (tertiary/aromatic N) is 1. The van der Waals surface area contributed by atoms with Gasteiger partial charge >= 0.3 is 0 Å². The van der Waals surface area contributed by atoms with Crippen molar-refractivity contribution in [3.05, 3.63) is 0 Å². The van der Waals surface area contributed by atoms with Crippen LogP contribution in [0.2, 0.25) is 0 Å². The van der Waals surface area contributed by atoms with Crippen LogP contribution in [0, 0.1) is 22.2 Å². The first-order valence-corrected chi connectivity index (χ1v) is 5.28. The number of rotatable bonds is 1. The summed E-state index contributed by atoms with van der Waals surface area (Å²) in [6.07, 6.45) is 2.88. The molecule has 0 unspecified atom stereocenters. The molecule has 2 heteroatoms. The largest absolute Gasteiger partial charge is 0.389 e. The zero-order valence-electron chi connectivity index (χ0n) is 9.72. The van der Waals surface area contributed by atoms with Gasteiger partial charge in [0.25, 0.3) is 0 Å². The van der Waals surface area contributed by atoms with E-state index in [-0.39, 0.29) is 17.3 Å². The van der Waals surface area contributed by atoms with E-state index in [0.717, 1.165) is 19.3 Å². The number of aliphatic hydroxyl groups is 1. The number of nitriles is 1. The molecule has 0 aromatic rings.